The van der Waals surface area contributed by atoms with E-state index in [-0.39, 0.29) is 5.92 Å². The molecule has 0 fully saturated rings. The van der Waals surface area contributed by atoms with Crippen molar-refractivity contribution >= 4 is 11.9 Å². The van der Waals surface area contributed by atoms with Crippen molar-refractivity contribution < 1.29 is 19.1 Å². The van der Waals surface area contributed by atoms with Crippen molar-refractivity contribution in [2.75, 3.05) is 6.61 Å². The predicted molar refractivity (Wildman–Crippen MR) is 98.7 cm³/mol. The van der Waals surface area contributed by atoms with Gasteiger partial charge in [0.1, 0.15) is 11.3 Å². The Bertz CT molecular complexity index is 679. The van der Waals surface area contributed by atoms with Crippen molar-refractivity contribution in [2.24, 2.45) is 11.8 Å². The molecule has 1 amide bonds. The van der Waals surface area contributed by atoms with E-state index in [2.05, 4.69) is 11.4 Å². The molecule has 1 N–H and O–H groups in total. The molecule has 2 unspecified atom stereocenters. The second-order valence-electron chi connectivity index (χ2n) is 7.24. The van der Waals surface area contributed by atoms with Gasteiger partial charge >= 0.3 is 5.97 Å². The fraction of sp³-hybridized carbons (Fsp3) is 0.550. The van der Waals surface area contributed by atoms with E-state index in [0.717, 1.165) is 0 Å². The lowest BCUT2D eigenvalue weighted by Crippen LogP contribution is -2.52. The summed E-state index contributed by atoms with van der Waals surface area (Å²) < 4.78 is 10.8. The van der Waals surface area contributed by atoms with Gasteiger partial charge in [-0.15, -0.1) is 0 Å². The topological polar surface area (TPSA) is 88.4 Å². The van der Waals surface area contributed by atoms with Gasteiger partial charge in [0, 0.05) is 0 Å². The van der Waals surface area contributed by atoms with E-state index in [1.54, 1.807) is 31.2 Å². The number of ether oxygens (including phenoxy) is 2. The number of nitriles is 1. The summed E-state index contributed by atoms with van der Waals surface area (Å²) in [7, 11) is 0. The van der Waals surface area contributed by atoms with Crippen LogP contribution < -0.4 is 10.1 Å². The summed E-state index contributed by atoms with van der Waals surface area (Å²) in [6.07, 6.45) is -1.02. The molecule has 0 aliphatic rings. The normalized spacial score (nSPS) is 14.3. The third-order valence-electron chi connectivity index (χ3n) is 4.08. The molecule has 1 aromatic rings. The molecule has 1 rings (SSSR count). The van der Waals surface area contributed by atoms with Gasteiger partial charge in [0.05, 0.1) is 18.2 Å². The number of hydrogen-bond donors (Lipinski definition) is 1. The number of rotatable bonds is 8. The van der Waals surface area contributed by atoms with Crippen LogP contribution in [0.1, 0.15) is 51.9 Å². The quantitative estimate of drug-likeness (QED) is 0.719. The Labute approximate surface area is 155 Å². The summed E-state index contributed by atoms with van der Waals surface area (Å²) in [6, 6.07) is 8.73. The highest BCUT2D eigenvalue weighted by Gasteiger charge is 2.32. The first-order valence-corrected chi connectivity index (χ1v) is 8.76. The van der Waals surface area contributed by atoms with Gasteiger partial charge in [-0.25, -0.2) is 4.79 Å². The highest BCUT2D eigenvalue weighted by atomic mass is 16.5. The molecular formula is C20H28N2O4. The van der Waals surface area contributed by atoms with E-state index in [1.807, 2.05) is 27.7 Å². The van der Waals surface area contributed by atoms with Gasteiger partial charge in [-0.3, -0.25) is 4.79 Å². The van der Waals surface area contributed by atoms with Gasteiger partial charge in [0.15, 0.2) is 6.10 Å². The van der Waals surface area contributed by atoms with Crippen LogP contribution in [0.3, 0.4) is 0 Å². The van der Waals surface area contributed by atoms with E-state index in [1.165, 1.54) is 6.92 Å². The molecule has 0 spiro atoms. The van der Waals surface area contributed by atoms with Crippen LogP contribution in [0.2, 0.25) is 0 Å². The molecule has 0 aliphatic carbocycles. The summed E-state index contributed by atoms with van der Waals surface area (Å²) in [4.78, 5) is 24.6. The minimum atomic E-state index is -1.03. The van der Waals surface area contributed by atoms with Crippen molar-refractivity contribution in [1.29, 1.82) is 5.26 Å². The molecule has 0 bridgehead atoms. The zero-order chi connectivity index (χ0) is 19.9. The zero-order valence-electron chi connectivity index (χ0n) is 16.3. The van der Waals surface area contributed by atoms with Crippen molar-refractivity contribution in [3.8, 4) is 11.8 Å². The molecule has 142 valence electrons. The third-order valence-corrected chi connectivity index (χ3v) is 4.08. The van der Waals surface area contributed by atoms with Gasteiger partial charge < -0.3 is 14.8 Å². The van der Waals surface area contributed by atoms with E-state index in [9.17, 15) is 14.9 Å². The van der Waals surface area contributed by atoms with Crippen molar-refractivity contribution in [3.05, 3.63) is 29.8 Å². The van der Waals surface area contributed by atoms with Crippen LogP contribution in [0.4, 0.5) is 0 Å². The maximum atomic E-state index is 12.3. The minimum absolute atomic E-state index is 0.0888. The highest BCUT2D eigenvalue weighted by molar-refractivity contribution is 5.92. The monoisotopic (exact) mass is 360 g/mol. The smallest absolute Gasteiger partial charge is 0.339 e. The molecule has 0 aliphatic heterocycles. The lowest BCUT2D eigenvalue weighted by molar-refractivity contribution is -0.130. The first-order valence-electron chi connectivity index (χ1n) is 8.76. The summed E-state index contributed by atoms with van der Waals surface area (Å²) in [5, 5.41) is 11.9. The molecule has 0 saturated carbocycles. The molecule has 26 heavy (non-hydrogen) atoms. The van der Waals surface area contributed by atoms with Gasteiger partial charge in [0.2, 0.25) is 0 Å². The Morgan fingerprint density at radius 3 is 2.42 bits per heavy atom. The van der Waals surface area contributed by atoms with Crippen LogP contribution in [0.5, 0.6) is 5.75 Å². The fourth-order valence-corrected chi connectivity index (χ4v) is 1.92. The number of benzene rings is 1. The molecule has 2 atom stereocenters. The fourth-order valence-electron chi connectivity index (χ4n) is 1.92. The first-order chi connectivity index (χ1) is 12.1. The van der Waals surface area contributed by atoms with Gasteiger partial charge in [-0.1, -0.05) is 33.8 Å². The number of carbonyl (C=O) groups is 2. The molecule has 6 heteroatoms. The standard InChI is InChI=1S/C20H28N2O4/c1-13(2)11-25-17-9-7-8-16(10-17)19(24)26-15(5)18(23)22-20(6,12-21)14(3)4/h7-10,13-15H,11H2,1-6H3,(H,22,23). The number of nitrogens with one attached hydrogen (secondary N) is 1. The summed E-state index contributed by atoms with van der Waals surface area (Å²) in [5.41, 5.74) is -0.722. The summed E-state index contributed by atoms with van der Waals surface area (Å²) in [5.74, 6) is -0.282. The molecule has 1 aromatic carbocycles. The average Bonchev–Trinajstić information content (AvgIpc) is 2.59. The molecule has 0 aromatic heterocycles. The van der Waals surface area contributed by atoms with Crippen LogP contribution in [0.25, 0.3) is 0 Å². The number of esters is 1. The minimum Gasteiger partial charge on any atom is -0.493 e. The largest absolute Gasteiger partial charge is 0.493 e. The number of amides is 1. The highest BCUT2D eigenvalue weighted by Crippen LogP contribution is 2.17. The maximum Gasteiger partial charge on any atom is 0.339 e. The summed E-state index contributed by atoms with van der Waals surface area (Å²) in [6.45, 7) is 11.4. The van der Waals surface area contributed by atoms with Crippen LogP contribution in [-0.2, 0) is 9.53 Å². The zero-order valence-corrected chi connectivity index (χ0v) is 16.3. The predicted octanol–water partition coefficient (Wildman–Crippen LogP) is 3.32. The van der Waals surface area contributed by atoms with Crippen molar-refractivity contribution in [2.45, 2.75) is 53.2 Å². The Kier molecular flexibility index (Phi) is 7.63. The van der Waals surface area contributed by atoms with Crippen LogP contribution in [0.15, 0.2) is 24.3 Å². The second kappa shape index (κ2) is 9.23. The molecule has 0 radical (unpaired) electrons. The maximum absolute atomic E-state index is 12.3. The number of hydrogen-bond acceptors (Lipinski definition) is 5. The molecule has 0 heterocycles. The number of nitrogens with zero attached hydrogens (tertiary/aromatic N) is 1. The Hall–Kier alpha value is -2.55. The first kappa shape index (κ1) is 21.5. The Morgan fingerprint density at radius 1 is 1.23 bits per heavy atom. The van der Waals surface area contributed by atoms with E-state index in [4.69, 9.17) is 9.47 Å². The molecule has 0 saturated heterocycles. The van der Waals surface area contributed by atoms with Crippen LogP contribution >= 0.6 is 0 Å². The van der Waals surface area contributed by atoms with E-state index >= 15 is 0 Å². The molecular weight excluding hydrogens is 332 g/mol. The lowest BCUT2D eigenvalue weighted by atomic mass is 9.90. The van der Waals surface area contributed by atoms with Crippen LogP contribution in [0, 0.1) is 23.2 Å². The van der Waals surface area contributed by atoms with Crippen molar-refractivity contribution in [3.63, 3.8) is 0 Å². The Balaban J connectivity index is 2.73. The second-order valence-corrected chi connectivity index (χ2v) is 7.24. The van der Waals surface area contributed by atoms with Gasteiger partial charge in [-0.2, -0.15) is 5.26 Å². The third kappa shape index (κ3) is 6.07. The average molecular weight is 360 g/mol. The summed E-state index contributed by atoms with van der Waals surface area (Å²) >= 11 is 0. The van der Waals surface area contributed by atoms with Gasteiger partial charge in [-0.05, 0) is 43.9 Å². The van der Waals surface area contributed by atoms with E-state index < -0.39 is 23.5 Å². The Morgan fingerprint density at radius 2 is 1.88 bits per heavy atom. The lowest BCUT2D eigenvalue weighted by Gasteiger charge is -2.28. The van der Waals surface area contributed by atoms with E-state index in [0.29, 0.717) is 23.8 Å². The SMILES string of the molecule is CC(C)COc1cccc(C(=O)OC(C)C(=O)NC(C)(C#N)C(C)C)c1. The van der Waals surface area contributed by atoms with Gasteiger partial charge in [0.25, 0.3) is 5.91 Å². The van der Waals surface area contributed by atoms with Crippen molar-refractivity contribution in [1.82, 2.24) is 5.32 Å². The molecule has 6 nitrogen and oxygen atoms in total. The number of carbonyl (C=O) groups excluding carboxylic acids is 2. The van der Waals surface area contributed by atoms with Crippen LogP contribution in [-0.4, -0.2) is 30.1 Å².